The zero-order valence-corrected chi connectivity index (χ0v) is 13.3. The van der Waals surface area contributed by atoms with Gasteiger partial charge < -0.3 is 10.4 Å². The third kappa shape index (κ3) is 6.28. The second-order valence-corrected chi connectivity index (χ2v) is 6.78. The summed E-state index contributed by atoms with van der Waals surface area (Å²) in [5, 5.41) is 11.9. The van der Waals surface area contributed by atoms with E-state index in [0.717, 1.165) is 11.8 Å². The van der Waals surface area contributed by atoms with E-state index in [-0.39, 0.29) is 22.8 Å². The maximum absolute atomic E-state index is 13.2. The molecule has 21 heavy (non-hydrogen) atoms. The minimum absolute atomic E-state index is 0.0219. The fourth-order valence-corrected chi connectivity index (χ4v) is 2.90. The van der Waals surface area contributed by atoms with Crippen LogP contribution in [0.15, 0.2) is 23.1 Å². The maximum atomic E-state index is 13.2. The standard InChI is InChI=1S/C15H22F3NOS/c1-10(2)19-9-12-4-5-14(21-11(3)6-7-20)13(8-12)15(16,17)18/h4-5,8,10-11,19-20H,6-7,9H2,1-3H3. The van der Waals surface area contributed by atoms with E-state index in [1.807, 2.05) is 20.8 Å². The van der Waals surface area contributed by atoms with Gasteiger partial charge in [0.25, 0.3) is 0 Å². The van der Waals surface area contributed by atoms with E-state index in [2.05, 4.69) is 5.32 Å². The SMILES string of the molecule is CC(C)NCc1ccc(SC(C)CCO)c(C(F)(F)F)c1. The van der Waals surface area contributed by atoms with Gasteiger partial charge >= 0.3 is 6.18 Å². The normalized spacial score (nSPS) is 13.7. The Kier molecular flexibility index (Phi) is 7.03. The molecule has 2 nitrogen and oxygen atoms in total. The predicted molar refractivity (Wildman–Crippen MR) is 80.4 cm³/mol. The van der Waals surface area contributed by atoms with Gasteiger partial charge in [0.2, 0.25) is 0 Å². The van der Waals surface area contributed by atoms with Crippen LogP contribution in [0.2, 0.25) is 0 Å². The lowest BCUT2D eigenvalue weighted by molar-refractivity contribution is -0.139. The molecule has 0 amide bonds. The summed E-state index contributed by atoms with van der Waals surface area (Å²) in [7, 11) is 0. The Labute approximate surface area is 128 Å². The van der Waals surface area contributed by atoms with Crippen LogP contribution in [0.4, 0.5) is 13.2 Å². The van der Waals surface area contributed by atoms with Crippen molar-refractivity contribution >= 4 is 11.8 Å². The quantitative estimate of drug-likeness (QED) is 0.743. The lowest BCUT2D eigenvalue weighted by atomic mass is 10.1. The summed E-state index contributed by atoms with van der Waals surface area (Å²) in [6.45, 7) is 6.11. The molecule has 6 heteroatoms. The molecule has 120 valence electrons. The summed E-state index contributed by atoms with van der Waals surface area (Å²) in [6, 6.07) is 4.68. The fourth-order valence-electron chi connectivity index (χ4n) is 1.79. The van der Waals surface area contributed by atoms with Crippen LogP contribution in [0, 0.1) is 0 Å². The van der Waals surface area contributed by atoms with Gasteiger partial charge in [0, 0.05) is 29.3 Å². The molecule has 0 aliphatic rings. The lowest BCUT2D eigenvalue weighted by Gasteiger charge is -2.17. The van der Waals surface area contributed by atoms with E-state index in [4.69, 9.17) is 5.11 Å². The number of halogens is 3. The molecule has 0 bridgehead atoms. The molecule has 1 rings (SSSR count). The average Bonchev–Trinajstić information content (AvgIpc) is 2.36. The van der Waals surface area contributed by atoms with Crippen molar-refractivity contribution in [1.82, 2.24) is 5.32 Å². The van der Waals surface area contributed by atoms with Gasteiger partial charge in [-0.05, 0) is 24.1 Å². The summed E-state index contributed by atoms with van der Waals surface area (Å²) < 4.78 is 39.5. The van der Waals surface area contributed by atoms with Crippen molar-refractivity contribution in [1.29, 1.82) is 0 Å². The van der Waals surface area contributed by atoms with Crippen molar-refractivity contribution in [2.75, 3.05) is 6.61 Å². The Morgan fingerprint density at radius 2 is 1.90 bits per heavy atom. The monoisotopic (exact) mass is 321 g/mol. The van der Waals surface area contributed by atoms with Gasteiger partial charge in [-0.3, -0.25) is 0 Å². The molecule has 0 saturated heterocycles. The van der Waals surface area contributed by atoms with Crippen molar-refractivity contribution in [2.24, 2.45) is 0 Å². The largest absolute Gasteiger partial charge is 0.417 e. The first kappa shape index (κ1) is 18.3. The van der Waals surface area contributed by atoms with Crippen LogP contribution in [-0.4, -0.2) is 23.0 Å². The molecule has 1 aromatic rings. The number of nitrogens with one attached hydrogen (secondary N) is 1. The van der Waals surface area contributed by atoms with Crippen LogP contribution < -0.4 is 5.32 Å². The molecule has 0 saturated carbocycles. The number of hydrogen-bond acceptors (Lipinski definition) is 3. The second kappa shape index (κ2) is 8.06. The molecule has 0 radical (unpaired) electrons. The number of alkyl halides is 3. The molecule has 2 N–H and O–H groups in total. The molecule has 0 heterocycles. The highest BCUT2D eigenvalue weighted by Crippen LogP contribution is 2.39. The number of aliphatic hydroxyl groups is 1. The highest BCUT2D eigenvalue weighted by atomic mass is 32.2. The number of thioether (sulfide) groups is 1. The molecule has 0 spiro atoms. The van der Waals surface area contributed by atoms with E-state index in [1.54, 1.807) is 6.07 Å². The first-order chi connectivity index (χ1) is 9.74. The van der Waals surface area contributed by atoms with Gasteiger partial charge in [-0.25, -0.2) is 0 Å². The molecule has 1 aromatic carbocycles. The summed E-state index contributed by atoms with van der Waals surface area (Å²) in [5.74, 6) is 0. The van der Waals surface area contributed by atoms with Crippen LogP contribution in [0.5, 0.6) is 0 Å². The van der Waals surface area contributed by atoms with Crippen LogP contribution >= 0.6 is 11.8 Å². The number of hydrogen-bond donors (Lipinski definition) is 2. The van der Waals surface area contributed by atoms with E-state index in [0.29, 0.717) is 18.5 Å². The minimum Gasteiger partial charge on any atom is -0.396 e. The van der Waals surface area contributed by atoms with Gasteiger partial charge in [-0.15, -0.1) is 11.8 Å². The molecule has 0 aliphatic carbocycles. The second-order valence-electron chi connectivity index (χ2n) is 5.30. The van der Waals surface area contributed by atoms with Gasteiger partial charge in [-0.2, -0.15) is 13.2 Å². The topological polar surface area (TPSA) is 32.3 Å². The van der Waals surface area contributed by atoms with Crippen molar-refractivity contribution in [3.63, 3.8) is 0 Å². The number of aliphatic hydroxyl groups excluding tert-OH is 1. The first-order valence-corrected chi connectivity index (χ1v) is 7.83. The Balaban J connectivity index is 2.97. The summed E-state index contributed by atoms with van der Waals surface area (Å²) in [5.41, 5.74) is 0.0236. The third-order valence-electron chi connectivity index (χ3n) is 2.93. The zero-order chi connectivity index (χ0) is 16.0. The van der Waals surface area contributed by atoms with Crippen molar-refractivity contribution in [3.8, 4) is 0 Å². The zero-order valence-electron chi connectivity index (χ0n) is 12.5. The number of benzene rings is 1. The summed E-state index contributed by atoms with van der Waals surface area (Å²) >= 11 is 1.15. The van der Waals surface area contributed by atoms with Gasteiger partial charge in [0.15, 0.2) is 0 Å². The number of rotatable bonds is 7. The lowest BCUT2D eigenvalue weighted by Crippen LogP contribution is -2.22. The molecule has 0 fully saturated rings. The van der Waals surface area contributed by atoms with Crippen LogP contribution in [-0.2, 0) is 12.7 Å². The molecule has 0 aromatic heterocycles. The minimum atomic E-state index is -4.37. The molecule has 0 aliphatic heterocycles. The highest BCUT2D eigenvalue weighted by molar-refractivity contribution is 8.00. The van der Waals surface area contributed by atoms with Crippen LogP contribution in [0.25, 0.3) is 0 Å². The van der Waals surface area contributed by atoms with E-state index in [1.165, 1.54) is 12.1 Å². The van der Waals surface area contributed by atoms with Crippen LogP contribution in [0.3, 0.4) is 0 Å². The maximum Gasteiger partial charge on any atom is 0.417 e. The molecule has 1 unspecified atom stereocenters. The summed E-state index contributed by atoms with van der Waals surface area (Å²) in [6.07, 6.45) is -3.90. The summed E-state index contributed by atoms with van der Waals surface area (Å²) in [4.78, 5) is 0.219. The van der Waals surface area contributed by atoms with E-state index in [9.17, 15) is 13.2 Å². The Morgan fingerprint density at radius 1 is 1.24 bits per heavy atom. The van der Waals surface area contributed by atoms with Crippen molar-refractivity contribution in [3.05, 3.63) is 29.3 Å². The molecular weight excluding hydrogens is 299 g/mol. The predicted octanol–water partition coefficient (Wildman–Crippen LogP) is 4.07. The average molecular weight is 321 g/mol. The third-order valence-corrected chi connectivity index (χ3v) is 4.18. The Bertz CT molecular complexity index is 449. The molecular formula is C15H22F3NOS. The van der Waals surface area contributed by atoms with Crippen LogP contribution in [0.1, 0.15) is 38.3 Å². The van der Waals surface area contributed by atoms with Gasteiger partial charge in [-0.1, -0.05) is 26.8 Å². The smallest absolute Gasteiger partial charge is 0.396 e. The van der Waals surface area contributed by atoms with E-state index < -0.39 is 11.7 Å². The molecule has 1 atom stereocenters. The highest BCUT2D eigenvalue weighted by Gasteiger charge is 2.34. The van der Waals surface area contributed by atoms with E-state index >= 15 is 0 Å². The first-order valence-electron chi connectivity index (χ1n) is 6.95. The Hall–Kier alpha value is -0.720. The van der Waals surface area contributed by atoms with Crippen molar-refractivity contribution < 1.29 is 18.3 Å². The van der Waals surface area contributed by atoms with Crippen molar-refractivity contribution in [2.45, 2.75) is 56.1 Å². The van der Waals surface area contributed by atoms with Gasteiger partial charge in [0.05, 0.1) is 5.56 Å². The van der Waals surface area contributed by atoms with Gasteiger partial charge in [0.1, 0.15) is 0 Å². The fraction of sp³-hybridized carbons (Fsp3) is 0.600. The Morgan fingerprint density at radius 3 is 2.43 bits per heavy atom.